The first kappa shape index (κ1) is 28.1. The maximum absolute atomic E-state index is 13.6. The van der Waals surface area contributed by atoms with E-state index in [4.69, 9.17) is 5.73 Å². The van der Waals surface area contributed by atoms with E-state index in [0.717, 1.165) is 8.95 Å². The summed E-state index contributed by atoms with van der Waals surface area (Å²) >= 11 is 8.07. The zero-order valence-corrected chi connectivity index (χ0v) is 24.4. The third-order valence-electron chi connectivity index (χ3n) is 6.43. The smallest absolute Gasteiger partial charge is 0.352 e. The Kier molecular flexibility index (Phi) is 7.91. The Morgan fingerprint density at radius 3 is 2.39 bits per heavy atom. The quantitative estimate of drug-likeness (QED) is 0.192. The molecule has 0 aromatic heterocycles. The van der Waals surface area contributed by atoms with E-state index in [1.807, 2.05) is 6.07 Å². The molecule has 3 atom stereocenters. The standard InChI is InChI=1S/C25H25Br2N5O5S/c1-24(2)25(23(36)37,32-18(34)11-19(32)38-24)31-22(35)20(13-6-4-3-5-7-13)30-17(33)12-29-21(28)14-8-15(26)10-16(27)9-14/h3-10,19-20H,11-12H2,1-2H3,(H2,28,29)(H,30,33)(H,31,35)(H,36,37)/t19-,20?,25+/m1/s1. The van der Waals surface area contributed by atoms with Gasteiger partial charge in [0.15, 0.2) is 0 Å². The number of halogens is 2. The lowest BCUT2D eigenvalue weighted by Crippen LogP contribution is -2.75. The summed E-state index contributed by atoms with van der Waals surface area (Å²) in [5.74, 6) is -2.96. The van der Waals surface area contributed by atoms with Crippen LogP contribution in [0.25, 0.3) is 0 Å². The first-order valence-electron chi connectivity index (χ1n) is 11.5. The van der Waals surface area contributed by atoms with Crippen LogP contribution in [0, 0.1) is 0 Å². The zero-order valence-electron chi connectivity index (χ0n) is 20.4. The van der Waals surface area contributed by atoms with E-state index in [0.29, 0.717) is 11.1 Å². The number of nitrogens with one attached hydrogen (secondary N) is 2. The minimum absolute atomic E-state index is 0.125. The van der Waals surface area contributed by atoms with Gasteiger partial charge >= 0.3 is 5.97 Å². The van der Waals surface area contributed by atoms with Gasteiger partial charge < -0.3 is 21.5 Å². The van der Waals surface area contributed by atoms with Crippen molar-refractivity contribution in [1.29, 1.82) is 0 Å². The Hall–Kier alpha value is -2.90. The van der Waals surface area contributed by atoms with Gasteiger partial charge in [-0.3, -0.25) is 24.3 Å². The molecule has 2 aliphatic heterocycles. The van der Waals surface area contributed by atoms with Crippen LogP contribution in [0.1, 0.15) is 37.4 Å². The number of carboxylic acid groups (broad SMARTS) is 1. The number of hydrogen-bond donors (Lipinski definition) is 4. The van der Waals surface area contributed by atoms with Crippen molar-refractivity contribution in [3.8, 4) is 0 Å². The first-order valence-corrected chi connectivity index (χ1v) is 14.0. The molecule has 0 spiro atoms. The Morgan fingerprint density at radius 1 is 1.18 bits per heavy atom. The van der Waals surface area contributed by atoms with E-state index in [1.165, 1.54) is 16.7 Å². The first-order chi connectivity index (χ1) is 17.9. The highest BCUT2D eigenvalue weighted by molar-refractivity contribution is 9.11. The predicted molar refractivity (Wildman–Crippen MR) is 150 cm³/mol. The lowest BCUT2D eigenvalue weighted by Gasteiger charge is -2.46. The largest absolute Gasteiger partial charge is 0.478 e. The van der Waals surface area contributed by atoms with Crippen LogP contribution in [0.5, 0.6) is 0 Å². The molecule has 38 heavy (non-hydrogen) atoms. The van der Waals surface area contributed by atoms with Gasteiger partial charge in [0.25, 0.3) is 0 Å². The average Bonchev–Trinajstić information content (AvgIpc) is 3.02. The summed E-state index contributed by atoms with van der Waals surface area (Å²) in [5.41, 5.74) is 5.11. The number of aliphatic imine (C=N–C) groups is 1. The van der Waals surface area contributed by atoms with Crippen LogP contribution in [0.4, 0.5) is 0 Å². The molecule has 4 rings (SSSR count). The van der Waals surface area contributed by atoms with E-state index in [9.17, 15) is 24.3 Å². The number of carboxylic acids is 1. The number of hydrogen-bond acceptors (Lipinski definition) is 6. The third-order valence-corrected chi connectivity index (χ3v) is 8.88. The molecular formula is C25H25Br2N5O5S. The monoisotopic (exact) mass is 665 g/mol. The predicted octanol–water partition coefficient (Wildman–Crippen LogP) is 2.76. The summed E-state index contributed by atoms with van der Waals surface area (Å²) < 4.78 is 0.509. The zero-order chi connectivity index (χ0) is 27.8. The molecule has 5 N–H and O–H groups in total. The minimum Gasteiger partial charge on any atom is -0.478 e. The van der Waals surface area contributed by atoms with Gasteiger partial charge in [-0.15, -0.1) is 11.8 Å². The molecule has 0 bridgehead atoms. The van der Waals surface area contributed by atoms with Crippen molar-refractivity contribution < 1.29 is 24.3 Å². The van der Waals surface area contributed by atoms with Gasteiger partial charge in [-0.25, -0.2) is 4.79 Å². The fourth-order valence-corrected chi connectivity index (χ4v) is 7.57. The van der Waals surface area contributed by atoms with Crippen LogP contribution in [0.3, 0.4) is 0 Å². The summed E-state index contributed by atoms with van der Waals surface area (Å²) in [5, 5.41) is 15.2. The number of amidine groups is 1. The summed E-state index contributed by atoms with van der Waals surface area (Å²) in [6.07, 6.45) is 0.200. The fraction of sp³-hybridized carbons (Fsp3) is 0.320. The fourth-order valence-electron chi connectivity index (χ4n) is 4.58. The van der Waals surface area contributed by atoms with Crippen LogP contribution in [0.15, 0.2) is 62.5 Å². The highest BCUT2D eigenvalue weighted by Gasteiger charge is 2.70. The Balaban J connectivity index is 1.58. The Morgan fingerprint density at radius 2 is 1.82 bits per heavy atom. The van der Waals surface area contributed by atoms with E-state index < -0.39 is 34.2 Å². The van der Waals surface area contributed by atoms with E-state index in [-0.39, 0.29) is 30.1 Å². The van der Waals surface area contributed by atoms with Crippen LogP contribution >= 0.6 is 43.6 Å². The van der Waals surface area contributed by atoms with Crippen LogP contribution in [-0.2, 0) is 19.2 Å². The summed E-state index contributed by atoms with van der Waals surface area (Å²) in [6.45, 7) is 2.97. The van der Waals surface area contributed by atoms with Crippen molar-refractivity contribution in [2.24, 2.45) is 10.7 Å². The Bertz CT molecular complexity index is 1320. The van der Waals surface area contributed by atoms with Gasteiger partial charge in [-0.05, 0) is 37.6 Å². The topological polar surface area (TPSA) is 154 Å². The number of amides is 3. The van der Waals surface area contributed by atoms with Crippen molar-refractivity contribution in [3.05, 3.63) is 68.6 Å². The van der Waals surface area contributed by atoms with E-state index in [2.05, 4.69) is 47.5 Å². The normalized spacial score (nSPS) is 22.7. The highest BCUT2D eigenvalue weighted by atomic mass is 79.9. The number of thioether (sulfide) groups is 1. The van der Waals surface area contributed by atoms with Gasteiger partial charge in [-0.1, -0.05) is 62.2 Å². The molecule has 10 nitrogen and oxygen atoms in total. The maximum Gasteiger partial charge on any atom is 0.352 e. The molecule has 200 valence electrons. The lowest BCUT2D eigenvalue weighted by molar-refractivity contribution is -0.173. The molecule has 0 aliphatic carbocycles. The number of aliphatic carboxylic acids is 1. The molecule has 3 amide bonds. The molecule has 2 saturated heterocycles. The number of carbonyl (C=O) groups is 4. The van der Waals surface area contributed by atoms with Crippen molar-refractivity contribution in [2.45, 2.75) is 42.1 Å². The van der Waals surface area contributed by atoms with Gasteiger partial charge in [0, 0.05) is 14.5 Å². The van der Waals surface area contributed by atoms with Gasteiger partial charge in [0.05, 0.1) is 16.5 Å². The number of benzene rings is 2. The summed E-state index contributed by atoms with van der Waals surface area (Å²) in [6, 6.07) is 12.5. The van der Waals surface area contributed by atoms with Crippen LogP contribution in [-0.4, -0.2) is 61.9 Å². The number of fused-ring (bicyclic) bond motifs is 1. The van der Waals surface area contributed by atoms with Gasteiger partial charge in [-0.2, -0.15) is 0 Å². The second-order valence-electron chi connectivity index (χ2n) is 9.33. The molecule has 13 heteroatoms. The highest BCUT2D eigenvalue weighted by Crippen LogP contribution is 2.55. The van der Waals surface area contributed by atoms with Crippen molar-refractivity contribution in [2.75, 3.05) is 6.54 Å². The number of carbonyl (C=O) groups excluding carboxylic acids is 3. The molecule has 2 aliphatic rings. The van der Waals surface area contributed by atoms with Crippen molar-refractivity contribution in [3.63, 3.8) is 0 Å². The average molecular weight is 667 g/mol. The SMILES string of the molecule is CC1(C)S[C@@H]2CC(=O)N2[C@@]1(NC(=O)C(NC(=O)CN=C(N)c1cc(Br)cc(Br)c1)c1ccccc1)C(=O)O. The van der Waals surface area contributed by atoms with Gasteiger partial charge in [0.1, 0.15) is 18.4 Å². The maximum atomic E-state index is 13.6. The molecule has 2 fully saturated rings. The molecule has 2 aromatic carbocycles. The molecule has 2 aromatic rings. The van der Waals surface area contributed by atoms with E-state index >= 15 is 0 Å². The van der Waals surface area contributed by atoms with Crippen LogP contribution in [0.2, 0.25) is 0 Å². The van der Waals surface area contributed by atoms with Gasteiger partial charge in [0.2, 0.25) is 23.4 Å². The second-order valence-corrected chi connectivity index (χ2v) is 13.0. The lowest BCUT2D eigenvalue weighted by atomic mass is 9.89. The number of nitrogens with two attached hydrogens (primary N) is 1. The minimum atomic E-state index is -1.98. The summed E-state index contributed by atoms with van der Waals surface area (Å²) in [4.78, 5) is 56.9. The Labute approximate surface area is 240 Å². The van der Waals surface area contributed by atoms with Crippen molar-refractivity contribution in [1.82, 2.24) is 15.5 Å². The molecule has 2 heterocycles. The molecule has 0 saturated carbocycles. The molecule has 1 unspecified atom stereocenters. The number of rotatable bonds is 8. The number of nitrogens with zero attached hydrogens (tertiary/aromatic N) is 2. The van der Waals surface area contributed by atoms with Crippen LogP contribution < -0.4 is 16.4 Å². The summed E-state index contributed by atoms with van der Waals surface area (Å²) in [7, 11) is 0. The number of β-lactam (4-membered cyclic amide) rings is 1. The third kappa shape index (κ3) is 5.19. The van der Waals surface area contributed by atoms with E-state index in [1.54, 1.807) is 56.3 Å². The molecule has 0 radical (unpaired) electrons. The van der Waals surface area contributed by atoms with Crippen molar-refractivity contribution >= 4 is 73.1 Å². The molecular weight excluding hydrogens is 642 g/mol. The second kappa shape index (κ2) is 10.7.